The molecule has 22 heavy (non-hydrogen) atoms. The maximum atomic E-state index is 12.0. The van der Waals surface area contributed by atoms with Crippen LogP contribution >= 0.6 is 0 Å². The van der Waals surface area contributed by atoms with Crippen LogP contribution in [0.3, 0.4) is 0 Å². The molecule has 4 nitrogen and oxygen atoms in total. The summed E-state index contributed by atoms with van der Waals surface area (Å²) in [5.74, 6) is 0.631. The number of hydrogen-bond acceptors (Lipinski definition) is 3. The van der Waals surface area contributed by atoms with E-state index in [1.54, 1.807) is 28.8 Å². The molecule has 0 amide bonds. The van der Waals surface area contributed by atoms with Gasteiger partial charge >= 0.3 is 0 Å². The third-order valence-corrected chi connectivity index (χ3v) is 4.07. The van der Waals surface area contributed by atoms with Gasteiger partial charge in [-0.05, 0) is 19.4 Å². The Morgan fingerprint density at radius 3 is 2.77 bits per heavy atom. The van der Waals surface area contributed by atoms with Gasteiger partial charge in [0.05, 0.1) is 12.8 Å². The second-order valence-corrected chi connectivity index (χ2v) is 5.40. The molecular formula is C18H15N3O. The van der Waals surface area contributed by atoms with Gasteiger partial charge in [0, 0.05) is 29.4 Å². The molecule has 2 aromatic heterocycles. The first-order chi connectivity index (χ1) is 11.1. The highest BCUT2D eigenvalue weighted by Crippen LogP contribution is 2.29. The maximum Gasteiger partial charge on any atom is 0.251 e. The average Bonchev–Trinajstić information content (AvgIpc) is 2.55. The Labute approximate surface area is 129 Å². The summed E-state index contributed by atoms with van der Waals surface area (Å²) in [6.45, 7) is 2.65. The van der Waals surface area contributed by atoms with Gasteiger partial charge in [-0.2, -0.15) is 0 Å². The van der Waals surface area contributed by atoms with Gasteiger partial charge in [-0.1, -0.05) is 36.4 Å². The van der Waals surface area contributed by atoms with Gasteiger partial charge in [0.15, 0.2) is 5.82 Å². The summed E-state index contributed by atoms with van der Waals surface area (Å²) in [5.41, 5.74) is 4.62. The topological polar surface area (TPSA) is 47.8 Å². The van der Waals surface area contributed by atoms with E-state index in [2.05, 4.69) is 4.98 Å². The molecule has 1 aliphatic heterocycles. The Morgan fingerprint density at radius 2 is 1.95 bits per heavy atom. The summed E-state index contributed by atoms with van der Waals surface area (Å²) in [6.07, 6.45) is 0.768. The molecule has 3 heterocycles. The molecule has 0 aliphatic carbocycles. The minimum Gasteiger partial charge on any atom is -0.306 e. The zero-order valence-electron chi connectivity index (χ0n) is 13.2. The van der Waals surface area contributed by atoms with Crippen molar-refractivity contribution >= 4 is 0 Å². The van der Waals surface area contributed by atoms with E-state index in [1.165, 1.54) is 0 Å². The van der Waals surface area contributed by atoms with Gasteiger partial charge < -0.3 is 4.57 Å². The molecule has 4 heteroatoms. The standard InChI is InChI=1S/C18H15N3O/c1-12-14-10-11-21-15(8-5-9-16(21)22)17(14)20-18(19-12)13-6-3-2-4-7-13/h2-9H,10-11H2,1H3/i2D. The molecule has 0 saturated carbocycles. The monoisotopic (exact) mass is 290 g/mol. The van der Waals surface area contributed by atoms with Gasteiger partial charge in [-0.25, -0.2) is 9.97 Å². The minimum atomic E-state index is 0.00419. The number of fused-ring (bicyclic) bond motifs is 3. The fourth-order valence-corrected chi connectivity index (χ4v) is 2.95. The van der Waals surface area contributed by atoms with Gasteiger partial charge in [-0.3, -0.25) is 4.79 Å². The van der Waals surface area contributed by atoms with Gasteiger partial charge in [-0.15, -0.1) is 0 Å². The lowest BCUT2D eigenvalue weighted by molar-refractivity contribution is 0.649. The van der Waals surface area contributed by atoms with Crippen LogP contribution in [0.5, 0.6) is 0 Å². The second kappa shape index (κ2) is 4.91. The first-order valence-electron chi connectivity index (χ1n) is 7.78. The van der Waals surface area contributed by atoms with Crippen LogP contribution in [0, 0.1) is 6.92 Å². The van der Waals surface area contributed by atoms with Crippen molar-refractivity contribution in [1.82, 2.24) is 14.5 Å². The van der Waals surface area contributed by atoms with Crippen LogP contribution in [-0.2, 0) is 13.0 Å². The average molecular weight is 290 g/mol. The fraction of sp³-hybridized carbons (Fsp3) is 0.167. The van der Waals surface area contributed by atoms with E-state index in [0.717, 1.165) is 34.6 Å². The number of benzene rings is 1. The lowest BCUT2D eigenvalue weighted by atomic mass is 10.0. The summed E-state index contributed by atoms with van der Waals surface area (Å²) in [7, 11) is 0. The van der Waals surface area contributed by atoms with E-state index in [9.17, 15) is 4.79 Å². The van der Waals surface area contributed by atoms with Crippen molar-refractivity contribution in [1.29, 1.82) is 0 Å². The molecule has 1 aliphatic rings. The quantitative estimate of drug-likeness (QED) is 0.692. The molecule has 0 radical (unpaired) electrons. The highest BCUT2D eigenvalue weighted by atomic mass is 16.1. The predicted octanol–water partition coefficient (Wildman–Crippen LogP) is 2.84. The van der Waals surface area contributed by atoms with Crippen molar-refractivity contribution in [3.63, 3.8) is 0 Å². The highest BCUT2D eigenvalue weighted by molar-refractivity contribution is 5.66. The molecule has 0 saturated heterocycles. The van der Waals surface area contributed by atoms with Crippen LogP contribution in [0.15, 0.2) is 53.3 Å². The summed E-state index contributed by atoms with van der Waals surface area (Å²) >= 11 is 0. The fourth-order valence-electron chi connectivity index (χ4n) is 2.95. The van der Waals surface area contributed by atoms with E-state index in [1.807, 2.05) is 25.1 Å². The number of pyridine rings is 1. The second-order valence-electron chi connectivity index (χ2n) is 5.40. The van der Waals surface area contributed by atoms with Crippen molar-refractivity contribution in [3.05, 3.63) is 70.1 Å². The largest absolute Gasteiger partial charge is 0.306 e. The van der Waals surface area contributed by atoms with Crippen molar-refractivity contribution < 1.29 is 1.37 Å². The molecule has 0 atom stereocenters. The molecular weight excluding hydrogens is 274 g/mol. The number of rotatable bonds is 1. The Kier molecular flexibility index (Phi) is 2.65. The van der Waals surface area contributed by atoms with E-state index >= 15 is 0 Å². The molecule has 1 aromatic carbocycles. The Morgan fingerprint density at radius 1 is 1.14 bits per heavy atom. The van der Waals surface area contributed by atoms with Crippen LogP contribution in [0.1, 0.15) is 12.6 Å². The molecule has 0 fully saturated rings. The number of aromatic nitrogens is 3. The van der Waals surface area contributed by atoms with Crippen LogP contribution < -0.4 is 5.56 Å². The maximum absolute atomic E-state index is 12.0. The third-order valence-electron chi connectivity index (χ3n) is 4.07. The number of aryl methyl sites for hydroxylation is 1. The lowest BCUT2D eigenvalue weighted by Gasteiger charge is -2.22. The van der Waals surface area contributed by atoms with Crippen molar-refractivity contribution in [2.45, 2.75) is 19.9 Å². The van der Waals surface area contributed by atoms with E-state index in [4.69, 9.17) is 6.35 Å². The van der Waals surface area contributed by atoms with Crippen molar-refractivity contribution in [2.24, 2.45) is 0 Å². The molecule has 108 valence electrons. The van der Waals surface area contributed by atoms with Crippen molar-refractivity contribution in [2.75, 3.05) is 0 Å². The van der Waals surface area contributed by atoms with Crippen LogP contribution in [0.25, 0.3) is 22.8 Å². The Hall–Kier alpha value is -2.75. The molecule has 3 aromatic rings. The van der Waals surface area contributed by atoms with E-state index < -0.39 is 0 Å². The smallest absolute Gasteiger partial charge is 0.251 e. The van der Waals surface area contributed by atoms with Crippen LogP contribution in [-0.4, -0.2) is 14.5 Å². The SMILES string of the molecule is [2H]c1ccc(-c2nc(C)c3c(n2)-c2cccc(=O)n2CC3)cc1. The van der Waals surface area contributed by atoms with Gasteiger partial charge in [0.1, 0.15) is 0 Å². The zero-order valence-corrected chi connectivity index (χ0v) is 12.2. The molecule has 0 N–H and O–H groups in total. The Balaban J connectivity index is 1.95. The first-order valence-corrected chi connectivity index (χ1v) is 7.28. The summed E-state index contributed by atoms with van der Waals surface area (Å²) in [5, 5.41) is 0. The first kappa shape index (κ1) is 11.9. The molecule has 0 spiro atoms. The molecule has 0 bridgehead atoms. The van der Waals surface area contributed by atoms with Crippen molar-refractivity contribution in [3.8, 4) is 22.8 Å². The lowest BCUT2D eigenvalue weighted by Crippen LogP contribution is -2.26. The summed E-state index contributed by atoms with van der Waals surface area (Å²) < 4.78 is 9.36. The van der Waals surface area contributed by atoms with E-state index in [-0.39, 0.29) is 5.56 Å². The highest BCUT2D eigenvalue weighted by Gasteiger charge is 2.21. The Bertz CT molecular complexity index is 961. The number of nitrogens with zero attached hydrogens (tertiary/aromatic N) is 3. The number of hydrogen-bond donors (Lipinski definition) is 0. The summed E-state index contributed by atoms with van der Waals surface area (Å²) in [4.78, 5) is 21.4. The summed E-state index contributed by atoms with van der Waals surface area (Å²) in [6, 6.07) is 12.9. The normalized spacial score (nSPS) is 13.2. The van der Waals surface area contributed by atoms with Gasteiger partial charge in [0.25, 0.3) is 5.56 Å². The van der Waals surface area contributed by atoms with Crippen LogP contribution in [0.2, 0.25) is 0 Å². The molecule has 0 unspecified atom stereocenters. The minimum absolute atomic E-state index is 0.00419. The van der Waals surface area contributed by atoms with E-state index in [0.29, 0.717) is 18.4 Å². The van der Waals surface area contributed by atoms with Gasteiger partial charge in [0.2, 0.25) is 0 Å². The third kappa shape index (κ3) is 1.96. The zero-order chi connectivity index (χ0) is 16.0. The molecule has 4 rings (SSSR count). The predicted molar refractivity (Wildman–Crippen MR) is 85.6 cm³/mol. The van der Waals surface area contributed by atoms with Crippen LogP contribution in [0.4, 0.5) is 0 Å².